The lowest BCUT2D eigenvalue weighted by Gasteiger charge is -2.15. The first-order valence-electron chi connectivity index (χ1n) is 3.77. The Morgan fingerprint density at radius 2 is 2.50 bits per heavy atom. The van der Waals surface area contributed by atoms with Crippen LogP contribution in [0.5, 0.6) is 0 Å². The summed E-state index contributed by atoms with van der Waals surface area (Å²) in [6, 6.07) is 3.84. The van der Waals surface area contributed by atoms with Gasteiger partial charge in [-0.05, 0) is 18.6 Å². The van der Waals surface area contributed by atoms with Gasteiger partial charge >= 0.3 is 0 Å². The summed E-state index contributed by atoms with van der Waals surface area (Å²) in [5.74, 6) is 5.37. The molecule has 0 bridgehead atoms. The van der Waals surface area contributed by atoms with Crippen LogP contribution in [0.15, 0.2) is 36.7 Å². The van der Waals surface area contributed by atoms with Crippen molar-refractivity contribution in [3.05, 3.63) is 42.2 Å². The van der Waals surface area contributed by atoms with Gasteiger partial charge in [0.1, 0.15) is 0 Å². The molecule has 64 valence electrons. The number of nitrogens with two attached hydrogens (primary N) is 1. The van der Waals surface area contributed by atoms with Crippen LogP contribution in [0.2, 0.25) is 0 Å². The number of pyridine rings is 1. The Bertz CT molecular complexity index is 256. The standard InChI is InChI=1S/C9H13N3/c1-7(2)9(12-10)8-4-3-5-11-6-8/h3-6,9,12H,1,10H2,2H3. The van der Waals surface area contributed by atoms with E-state index in [1.807, 2.05) is 19.1 Å². The first-order chi connectivity index (χ1) is 5.75. The smallest absolute Gasteiger partial charge is 0.0679 e. The minimum absolute atomic E-state index is 0.00120. The van der Waals surface area contributed by atoms with E-state index in [9.17, 15) is 0 Å². The Morgan fingerprint density at radius 1 is 1.75 bits per heavy atom. The van der Waals surface area contributed by atoms with Crippen LogP contribution in [-0.4, -0.2) is 4.98 Å². The van der Waals surface area contributed by atoms with Gasteiger partial charge in [0.05, 0.1) is 6.04 Å². The van der Waals surface area contributed by atoms with Crippen molar-refractivity contribution in [2.75, 3.05) is 0 Å². The first kappa shape index (κ1) is 8.90. The van der Waals surface area contributed by atoms with Gasteiger partial charge in [-0.15, -0.1) is 0 Å². The minimum Gasteiger partial charge on any atom is -0.271 e. The highest BCUT2D eigenvalue weighted by Gasteiger charge is 2.08. The lowest BCUT2D eigenvalue weighted by atomic mass is 10.0. The zero-order valence-corrected chi connectivity index (χ0v) is 7.12. The maximum absolute atomic E-state index is 5.37. The molecule has 12 heavy (non-hydrogen) atoms. The summed E-state index contributed by atoms with van der Waals surface area (Å²) in [7, 11) is 0. The predicted molar refractivity (Wildman–Crippen MR) is 49.1 cm³/mol. The van der Waals surface area contributed by atoms with E-state index in [0.717, 1.165) is 11.1 Å². The molecule has 0 aliphatic carbocycles. The van der Waals surface area contributed by atoms with Crippen molar-refractivity contribution < 1.29 is 0 Å². The van der Waals surface area contributed by atoms with E-state index in [1.54, 1.807) is 12.4 Å². The van der Waals surface area contributed by atoms with E-state index in [4.69, 9.17) is 5.84 Å². The number of aromatic nitrogens is 1. The van der Waals surface area contributed by atoms with Crippen molar-refractivity contribution in [3.63, 3.8) is 0 Å². The van der Waals surface area contributed by atoms with E-state index in [-0.39, 0.29) is 6.04 Å². The normalized spacial score (nSPS) is 12.5. The van der Waals surface area contributed by atoms with Crippen molar-refractivity contribution in [3.8, 4) is 0 Å². The van der Waals surface area contributed by atoms with Crippen LogP contribution in [0, 0.1) is 0 Å². The van der Waals surface area contributed by atoms with Crippen molar-refractivity contribution in [1.29, 1.82) is 0 Å². The molecular formula is C9H13N3. The molecule has 0 aliphatic heterocycles. The number of hydrogen-bond donors (Lipinski definition) is 2. The number of rotatable bonds is 3. The molecule has 1 aromatic heterocycles. The maximum Gasteiger partial charge on any atom is 0.0679 e. The van der Waals surface area contributed by atoms with E-state index < -0.39 is 0 Å². The van der Waals surface area contributed by atoms with Gasteiger partial charge in [-0.25, -0.2) is 5.43 Å². The fourth-order valence-electron chi connectivity index (χ4n) is 1.07. The number of nitrogens with one attached hydrogen (secondary N) is 1. The quantitative estimate of drug-likeness (QED) is 0.399. The van der Waals surface area contributed by atoms with E-state index in [0.29, 0.717) is 0 Å². The van der Waals surface area contributed by atoms with Crippen LogP contribution in [0.3, 0.4) is 0 Å². The monoisotopic (exact) mass is 163 g/mol. The first-order valence-corrected chi connectivity index (χ1v) is 3.77. The molecule has 1 unspecified atom stereocenters. The molecule has 0 aromatic carbocycles. The Morgan fingerprint density at radius 3 is 2.92 bits per heavy atom. The van der Waals surface area contributed by atoms with Crippen molar-refractivity contribution >= 4 is 0 Å². The van der Waals surface area contributed by atoms with Crippen LogP contribution in [-0.2, 0) is 0 Å². The Balaban J connectivity index is 2.88. The van der Waals surface area contributed by atoms with Crippen LogP contribution in [0.25, 0.3) is 0 Å². The second-order valence-electron chi connectivity index (χ2n) is 2.73. The van der Waals surface area contributed by atoms with E-state index >= 15 is 0 Å². The van der Waals surface area contributed by atoms with Crippen LogP contribution >= 0.6 is 0 Å². The molecule has 0 radical (unpaired) electrons. The second-order valence-corrected chi connectivity index (χ2v) is 2.73. The number of nitrogens with zero attached hydrogens (tertiary/aromatic N) is 1. The van der Waals surface area contributed by atoms with Crippen LogP contribution in [0.4, 0.5) is 0 Å². The van der Waals surface area contributed by atoms with Gasteiger partial charge in [-0.3, -0.25) is 10.8 Å². The Kier molecular flexibility index (Phi) is 2.96. The average molecular weight is 163 g/mol. The number of hydrogen-bond acceptors (Lipinski definition) is 3. The highest BCUT2D eigenvalue weighted by Crippen LogP contribution is 2.16. The molecule has 3 N–H and O–H groups in total. The van der Waals surface area contributed by atoms with Gasteiger partial charge in [0.2, 0.25) is 0 Å². The average Bonchev–Trinajstić information content (AvgIpc) is 2.07. The topological polar surface area (TPSA) is 50.9 Å². The second kappa shape index (κ2) is 3.99. The van der Waals surface area contributed by atoms with E-state index in [1.165, 1.54) is 0 Å². The minimum atomic E-state index is -0.00120. The molecule has 1 atom stereocenters. The SMILES string of the molecule is C=C(C)C(NN)c1cccnc1. The summed E-state index contributed by atoms with van der Waals surface area (Å²) in [5, 5.41) is 0. The molecule has 0 fully saturated rings. The predicted octanol–water partition coefficient (Wildman–Crippen LogP) is 1.16. The third kappa shape index (κ3) is 1.90. The van der Waals surface area contributed by atoms with Gasteiger partial charge in [0.25, 0.3) is 0 Å². The Hall–Kier alpha value is -1.19. The summed E-state index contributed by atoms with van der Waals surface area (Å²) >= 11 is 0. The fourth-order valence-corrected chi connectivity index (χ4v) is 1.07. The molecule has 0 saturated heterocycles. The van der Waals surface area contributed by atoms with Crippen LogP contribution in [0.1, 0.15) is 18.5 Å². The van der Waals surface area contributed by atoms with Crippen molar-refractivity contribution in [2.24, 2.45) is 5.84 Å². The molecule has 1 heterocycles. The summed E-state index contributed by atoms with van der Waals surface area (Å²) < 4.78 is 0. The molecular weight excluding hydrogens is 150 g/mol. The van der Waals surface area contributed by atoms with Crippen molar-refractivity contribution in [2.45, 2.75) is 13.0 Å². The molecule has 1 aromatic rings. The summed E-state index contributed by atoms with van der Waals surface area (Å²) in [5.41, 5.74) is 4.69. The lowest BCUT2D eigenvalue weighted by molar-refractivity contribution is 0.625. The zero-order valence-electron chi connectivity index (χ0n) is 7.12. The van der Waals surface area contributed by atoms with Crippen LogP contribution < -0.4 is 11.3 Å². The summed E-state index contributed by atoms with van der Waals surface area (Å²) in [6.45, 7) is 5.76. The van der Waals surface area contributed by atoms with Gasteiger partial charge in [-0.1, -0.05) is 18.2 Å². The van der Waals surface area contributed by atoms with E-state index in [2.05, 4.69) is 17.0 Å². The Labute approximate surface area is 72.3 Å². The fraction of sp³-hybridized carbons (Fsp3) is 0.222. The maximum atomic E-state index is 5.37. The van der Waals surface area contributed by atoms with Gasteiger partial charge < -0.3 is 0 Å². The molecule has 0 aliphatic rings. The highest BCUT2D eigenvalue weighted by molar-refractivity contribution is 5.22. The molecule has 1 rings (SSSR count). The zero-order chi connectivity index (χ0) is 8.97. The van der Waals surface area contributed by atoms with Gasteiger partial charge in [0.15, 0.2) is 0 Å². The molecule has 0 amide bonds. The third-order valence-electron chi connectivity index (χ3n) is 1.68. The highest BCUT2D eigenvalue weighted by atomic mass is 15.2. The molecule has 3 heteroatoms. The molecule has 3 nitrogen and oxygen atoms in total. The third-order valence-corrected chi connectivity index (χ3v) is 1.68. The number of hydrazine groups is 1. The van der Waals surface area contributed by atoms with Gasteiger partial charge in [-0.2, -0.15) is 0 Å². The molecule has 0 saturated carbocycles. The van der Waals surface area contributed by atoms with Crippen molar-refractivity contribution in [1.82, 2.24) is 10.4 Å². The lowest BCUT2D eigenvalue weighted by Crippen LogP contribution is -2.28. The summed E-state index contributed by atoms with van der Waals surface area (Å²) in [4.78, 5) is 4.00. The molecule has 0 spiro atoms. The largest absolute Gasteiger partial charge is 0.271 e. The van der Waals surface area contributed by atoms with Gasteiger partial charge in [0, 0.05) is 12.4 Å². The summed E-state index contributed by atoms with van der Waals surface area (Å²) in [6.07, 6.45) is 3.51.